The van der Waals surface area contributed by atoms with Crippen LogP contribution in [0.15, 0.2) is 65.6 Å². The van der Waals surface area contributed by atoms with Crippen LogP contribution in [0, 0.1) is 6.92 Å². The normalized spacial score (nSPS) is 11.8. The van der Waals surface area contributed by atoms with E-state index in [-0.39, 0.29) is 16.3 Å². The van der Waals surface area contributed by atoms with Gasteiger partial charge >= 0.3 is 6.18 Å². The number of nitrogens with two attached hydrogens (primary N) is 1. The Morgan fingerprint density at radius 1 is 1.03 bits per heavy atom. The number of anilines is 1. The van der Waals surface area contributed by atoms with E-state index in [1.807, 2.05) is 0 Å². The standard InChI is InChI=1S/C21H16ClF3N2O4S/c1-12-9-14(22)6-8-18(12)31-19-7-5-13(21(23,24)25)10-17(19)20(28)27-15-3-2-4-16(11-15)32(26,29)30/h2-11H,1H3,(H,27,28)(H2,26,29,30). The molecule has 0 unspecified atom stereocenters. The van der Waals surface area contributed by atoms with Crippen molar-refractivity contribution >= 4 is 33.2 Å². The van der Waals surface area contributed by atoms with Crippen molar-refractivity contribution in [2.24, 2.45) is 5.14 Å². The molecule has 0 aromatic heterocycles. The maximum Gasteiger partial charge on any atom is 0.416 e. The molecule has 32 heavy (non-hydrogen) atoms. The van der Waals surface area contributed by atoms with Gasteiger partial charge in [-0.1, -0.05) is 17.7 Å². The molecule has 168 valence electrons. The maximum absolute atomic E-state index is 13.2. The summed E-state index contributed by atoms with van der Waals surface area (Å²) in [6.07, 6.45) is -4.70. The van der Waals surface area contributed by atoms with Gasteiger partial charge in [0.05, 0.1) is 16.0 Å². The van der Waals surface area contributed by atoms with Crippen molar-refractivity contribution in [2.75, 3.05) is 5.32 Å². The molecule has 3 aromatic carbocycles. The highest BCUT2D eigenvalue weighted by Gasteiger charge is 2.32. The molecule has 0 aliphatic rings. The quantitative estimate of drug-likeness (QED) is 0.509. The van der Waals surface area contributed by atoms with Crippen LogP contribution in [0.1, 0.15) is 21.5 Å². The highest BCUT2D eigenvalue weighted by Crippen LogP contribution is 2.35. The van der Waals surface area contributed by atoms with Gasteiger partial charge in [0.2, 0.25) is 10.0 Å². The zero-order valence-corrected chi connectivity index (χ0v) is 18.0. The van der Waals surface area contributed by atoms with Crippen LogP contribution in [0.25, 0.3) is 0 Å². The molecule has 6 nitrogen and oxygen atoms in total. The Morgan fingerprint density at radius 3 is 2.34 bits per heavy atom. The van der Waals surface area contributed by atoms with Crippen LogP contribution in [-0.4, -0.2) is 14.3 Å². The van der Waals surface area contributed by atoms with Gasteiger partial charge in [0.15, 0.2) is 0 Å². The van der Waals surface area contributed by atoms with Crippen LogP contribution in [0.2, 0.25) is 5.02 Å². The van der Waals surface area contributed by atoms with Crippen molar-refractivity contribution in [1.29, 1.82) is 0 Å². The average Bonchev–Trinajstić information content (AvgIpc) is 2.69. The number of hydrogen-bond donors (Lipinski definition) is 2. The molecule has 0 saturated heterocycles. The van der Waals surface area contributed by atoms with E-state index in [0.717, 1.165) is 18.2 Å². The summed E-state index contributed by atoms with van der Waals surface area (Å²) >= 11 is 5.91. The summed E-state index contributed by atoms with van der Waals surface area (Å²) in [5, 5.41) is 7.89. The molecule has 0 aliphatic carbocycles. The lowest BCUT2D eigenvalue weighted by molar-refractivity contribution is -0.137. The van der Waals surface area contributed by atoms with Crippen LogP contribution >= 0.6 is 11.6 Å². The van der Waals surface area contributed by atoms with Crippen LogP contribution in [0.3, 0.4) is 0 Å². The first-order valence-electron chi connectivity index (χ1n) is 8.94. The predicted molar refractivity (Wildman–Crippen MR) is 113 cm³/mol. The number of nitrogens with one attached hydrogen (secondary N) is 1. The Balaban J connectivity index is 2.01. The third-order valence-electron chi connectivity index (χ3n) is 4.33. The number of sulfonamides is 1. The van der Waals surface area contributed by atoms with Gasteiger partial charge in [0, 0.05) is 10.7 Å². The van der Waals surface area contributed by atoms with Crippen LogP contribution in [0.5, 0.6) is 11.5 Å². The highest BCUT2D eigenvalue weighted by molar-refractivity contribution is 7.89. The molecule has 3 rings (SSSR count). The van der Waals surface area contributed by atoms with E-state index in [2.05, 4.69) is 5.32 Å². The van der Waals surface area contributed by atoms with Gasteiger partial charge in [0.25, 0.3) is 5.91 Å². The van der Waals surface area contributed by atoms with Crippen molar-refractivity contribution in [2.45, 2.75) is 18.0 Å². The van der Waals surface area contributed by atoms with Crippen LogP contribution in [0.4, 0.5) is 18.9 Å². The average molecular weight is 485 g/mol. The zero-order chi connectivity index (χ0) is 23.7. The lowest BCUT2D eigenvalue weighted by Crippen LogP contribution is -2.16. The van der Waals surface area contributed by atoms with Crippen molar-refractivity contribution in [3.8, 4) is 11.5 Å². The fraction of sp³-hybridized carbons (Fsp3) is 0.0952. The highest BCUT2D eigenvalue weighted by atomic mass is 35.5. The minimum absolute atomic E-state index is 0.0209. The molecule has 0 aliphatic heterocycles. The lowest BCUT2D eigenvalue weighted by atomic mass is 10.1. The molecular weight excluding hydrogens is 469 g/mol. The second-order valence-electron chi connectivity index (χ2n) is 6.75. The smallest absolute Gasteiger partial charge is 0.416 e. The first-order chi connectivity index (χ1) is 14.8. The first kappa shape index (κ1) is 23.6. The van der Waals surface area contributed by atoms with Gasteiger partial charge in [-0.2, -0.15) is 13.2 Å². The van der Waals surface area contributed by atoms with Crippen molar-refractivity contribution in [3.05, 3.63) is 82.4 Å². The Hall–Kier alpha value is -3.08. The largest absolute Gasteiger partial charge is 0.456 e. The van der Waals surface area contributed by atoms with Gasteiger partial charge in [-0.25, -0.2) is 13.6 Å². The number of rotatable bonds is 5. The molecule has 3 N–H and O–H groups in total. The molecule has 0 heterocycles. The topological polar surface area (TPSA) is 98.5 Å². The van der Waals surface area contributed by atoms with Crippen molar-refractivity contribution in [1.82, 2.24) is 0 Å². The van der Waals surface area contributed by atoms with Gasteiger partial charge in [-0.05, 0) is 67.1 Å². The van der Waals surface area contributed by atoms with E-state index in [1.165, 1.54) is 30.3 Å². The van der Waals surface area contributed by atoms with E-state index >= 15 is 0 Å². The van der Waals surface area contributed by atoms with Gasteiger partial charge < -0.3 is 10.1 Å². The molecule has 0 spiro atoms. The number of alkyl halides is 3. The van der Waals surface area contributed by atoms with E-state index in [4.69, 9.17) is 21.5 Å². The fourth-order valence-electron chi connectivity index (χ4n) is 2.77. The summed E-state index contributed by atoms with van der Waals surface area (Å²) in [4.78, 5) is 12.6. The third kappa shape index (κ3) is 5.58. The van der Waals surface area contributed by atoms with Crippen molar-refractivity contribution < 1.29 is 31.1 Å². The van der Waals surface area contributed by atoms with Crippen LogP contribution < -0.4 is 15.2 Å². The Morgan fingerprint density at radius 2 is 1.72 bits per heavy atom. The molecule has 11 heteroatoms. The third-order valence-corrected chi connectivity index (χ3v) is 5.47. The molecule has 0 atom stereocenters. The molecular formula is C21H16ClF3N2O4S. The Kier molecular flexibility index (Phi) is 6.49. The summed E-state index contributed by atoms with van der Waals surface area (Å²) in [6, 6.07) is 12.1. The summed E-state index contributed by atoms with van der Waals surface area (Å²) < 4.78 is 68.5. The molecule has 0 bridgehead atoms. The second kappa shape index (κ2) is 8.81. The Bertz CT molecular complexity index is 1290. The minimum atomic E-state index is -4.70. The fourth-order valence-corrected chi connectivity index (χ4v) is 3.55. The number of primary sulfonamides is 1. The SMILES string of the molecule is Cc1cc(Cl)ccc1Oc1ccc(C(F)(F)F)cc1C(=O)Nc1cccc(S(N)(=O)=O)c1. The van der Waals surface area contributed by atoms with E-state index in [9.17, 15) is 26.4 Å². The summed E-state index contributed by atoms with van der Waals surface area (Å²) in [5.41, 5.74) is -0.839. The van der Waals surface area contributed by atoms with Gasteiger partial charge in [0.1, 0.15) is 11.5 Å². The minimum Gasteiger partial charge on any atom is -0.456 e. The monoisotopic (exact) mass is 484 g/mol. The van der Waals surface area contributed by atoms with E-state index in [1.54, 1.807) is 13.0 Å². The van der Waals surface area contributed by atoms with Gasteiger partial charge in [-0.15, -0.1) is 0 Å². The molecule has 0 fully saturated rings. The first-order valence-corrected chi connectivity index (χ1v) is 10.9. The number of benzene rings is 3. The maximum atomic E-state index is 13.2. The number of hydrogen-bond acceptors (Lipinski definition) is 4. The molecule has 1 amide bonds. The van der Waals surface area contributed by atoms with Gasteiger partial charge in [-0.3, -0.25) is 4.79 Å². The summed E-state index contributed by atoms with van der Waals surface area (Å²) in [7, 11) is -4.04. The lowest BCUT2D eigenvalue weighted by Gasteiger charge is -2.16. The molecule has 0 saturated carbocycles. The molecule has 0 radical (unpaired) electrons. The van der Waals surface area contributed by atoms with E-state index < -0.39 is 33.2 Å². The number of amides is 1. The van der Waals surface area contributed by atoms with E-state index in [0.29, 0.717) is 22.4 Å². The summed E-state index contributed by atoms with van der Waals surface area (Å²) in [6.45, 7) is 1.68. The molecule has 3 aromatic rings. The Labute approximate surface area is 186 Å². The number of halogens is 4. The zero-order valence-electron chi connectivity index (χ0n) is 16.4. The number of carbonyl (C=O) groups excluding carboxylic acids is 1. The number of aryl methyl sites for hydroxylation is 1. The number of ether oxygens (including phenoxy) is 1. The van der Waals surface area contributed by atoms with Crippen molar-refractivity contribution in [3.63, 3.8) is 0 Å². The van der Waals surface area contributed by atoms with Crippen LogP contribution in [-0.2, 0) is 16.2 Å². The number of carbonyl (C=O) groups is 1. The second-order valence-corrected chi connectivity index (χ2v) is 8.75. The summed E-state index contributed by atoms with van der Waals surface area (Å²) in [5.74, 6) is -0.785. The predicted octanol–water partition coefficient (Wildman–Crippen LogP) is 5.36.